The van der Waals surface area contributed by atoms with Crippen LogP contribution in [-0.2, 0) is 13.1 Å². The number of aromatic nitrogens is 2. The largest absolute Gasteiger partial charge is 0.328 e. The Morgan fingerprint density at radius 3 is 3.12 bits per heavy atom. The highest BCUT2D eigenvalue weighted by Gasteiger charge is 2.20. The Hall–Kier alpha value is -0.650. The standard InChI is InChI=1S/C12H14BrN3S/c13-11-3-4-17-12(11)7-16-8-14-5-10(16)6-15-9-1-2-9/h3-5,8-9,15H,1-2,6-7H2. The summed E-state index contributed by atoms with van der Waals surface area (Å²) in [5.74, 6) is 0. The van der Waals surface area contributed by atoms with Gasteiger partial charge in [0.2, 0.25) is 0 Å². The molecule has 0 atom stereocenters. The topological polar surface area (TPSA) is 29.9 Å². The van der Waals surface area contributed by atoms with Crippen molar-refractivity contribution < 1.29 is 0 Å². The Morgan fingerprint density at radius 2 is 2.41 bits per heavy atom. The molecule has 0 aliphatic heterocycles. The molecule has 0 spiro atoms. The molecule has 0 aromatic carbocycles. The highest BCUT2D eigenvalue weighted by molar-refractivity contribution is 9.10. The molecule has 2 aromatic heterocycles. The Morgan fingerprint density at radius 1 is 1.53 bits per heavy atom. The van der Waals surface area contributed by atoms with Crippen molar-refractivity contribution >= 4 is 27.3 Å². The first-order valence-corrected chi connectivity index (χ1v) is 7.44. The number of rotatable bonds is 5. The Bertz CT molecular complexity index is 501. The molecule has 2 heterocycles. The van der Waals surface area contributed by atoms with E-state index in [9.17, 15) is 0 Å². The van der Waals surface area contributed by atoms with Crippen LogP contribution in [0.25, 0.3) is 0 Å². The SMILES string of the molecule is Brc1ccsc1Cn1cncc1CNC1CC1. The van der Waals surface area contributed by atoms with Gasteiger partial charge in [-0.15, -0.1) is 11.3 Å². The fourth-order valence-corrected chi connectivity index (χ4v) is 3.24. The maximum Gasteiger partial charge on any atom is 0.0952 e. The lowest BCUT2D eigenvalue weighted by Crippen LogP contribution is -2.18. The summed E-state index contributed by atoms with van der Waals surface area (Å²) in [5.41, 5.74) is 1.26. The van der Waals surface area contributed by atoms with E-state index in [0.717, 1.165) is 19.1 Å². The van der Waals surface area contributed by atoms with Gasteiger partial charge in [0.15, 0.2) is 0 Å². The van der Waals surface area contributed by atoms with Crippen LogP contribution in [0.1, 0.15) is 23.4 Å². The molecular formula is C12H14BrN3S. The van der Waals surface area contributed by atoms with E-state index in [-0.39, 0.29) is 0 Å². The summed E-state index contributed by atoms with van der Waals surface area (Å²) in [7, 11) is 0. The minimum atomic E-state index is 0.742. The second kappa shape index (κ2) is 4.92. The molecule has 3 nitrogen and oxygen atoms in total. The van der Waals surface area contributed by atoms with Crippen LogP contribution in [0, 0.1) is 0 Å². The first-order valence-electron chi connectivity index (χ1n) is 5.77. The van der Waals surface area contributed by atoms with Crippen LogP contribution >= 0.6 is 27.3 Å². The third-order valence-corrected chi connectivity index (χ3v) is 4.86. The predicted octanol–water partition coefficient (Wildman–Crippen LogP) is 3.01. The number of halogens is 1. The van der Waals surface area contributed by atoms with Crippen molar-refractivity contribution in [3.63, 3.8) is 0 Å². The molecule has 0 bridgehead atoms. The number of hydrogen-bond donors (Lipinski definition) is 1. The molecule has 1 aliphatic carbocycles. The molecule has 1 N–H and O–H groups in total. The molecule has 90 valence electrons. The monoisotopic (exact) mass is 311 g/mol. The quantitative estimate of drug-likeness (QED) is 0.920. The minimum Gasteiger partial charge on any atom is -0.328 e. The number of nitrogens with zero attached hydrogens (tertiary/aromatic N) is 2. The van der Waals surface area contributed by atoms with Crippen molar-refractivity contribution in [2.45, 2.75) is 32.0 Å². The number of thiophene rings is 1. The Kier molecular flexibility index (Phi) is 3.31. The lowest BCUT2D eigenvalue weighted by atomic mass is 10.4. The maximum absolute atomic E-state index is 4.24. The van der Waals surface area contributed by atoms with Crippen molar-refractivity contribution in [3.05, 3.63) is 39.0 Å². The van der Waals surface area contributed by atoms with Crippen molar-refractivity contribution in [3.8, 4) is 0 Å². The smallest absolute Gasteiger partial charge is 0.0952 e. The zero-order valence-electron chi connectivity index (χ0n) is 9.40. The molecule has 1 saturated carbocycles. The van der Waals surface area contributed by atoms with E-state index in [4.69, 9.17) is 0 Å². The van der Waals surface area contributed by atoms with Crippen molar-refractivity contribution in [2.24, 2.45) is 0 Å². The second-order valence-corrected chi connectivity index (χ2v) is 6.21. The lowest BCUT2D eigenvalue weighted by Gasteiger charge is -2.08. The van der Waals surface area contributed by atoms with Crippen molar-refractivity contribution in [1.29, 1.82) is 0 Å². The molecule has 3 rings (SSSR count). The van der Waals surface area contributed by atoms with Crippen LogP contribution < -0.4 is 5.32 Å². The van der Waals surface area contributed by atoms with Gasteiger partial charge < -0.3 is 9.88 Å². The molecule has 0 saturated heterocycles. The van der Waals surface area contributed by atoms with Gasteiger partial charge in [-0.1, -0.05) is 0 Å². The minimum absolute atomic E-state index is 0.742. The van der Waals surface area contributed by atoms with Crippen LogP contribution in [-0.4, -0.2) is 15.6 Å². The summed E-state index contributed by atoms with van der Waals surface area (Å²) in [6.07, 6.45) is 6.52. The van der Waals surface area contributed by atoms with Crippen LogP contribution in [0.5, 0.6) is 0 Å². The molecule has 0 radical (unpaired) electrons. The van der Waals surface area contributed by atoms with Crippen LogP contribution in [0.2, 0.25) is 0 Å². The van der Waals surface area contributed by atoms with Gasteiger partial charge in [-0.05, 0) is 40.2 Å². The number of hydrogen-bond acceptors (Lipinski definition) is 3. The van der Waals surface area contributed by atoms with E-state index >= 15 is 0 Å². The van der Waals surface area contributed by atoms with Crippen molar-refractivity contribution in [1.82, 2.24) is 14.9 Å². The van der Waals surface area contributed by atoms with Gasteiger partial charge >= 0.3 is 0 Å². The fraction of sp³-hybridized carbons (Fsp3) is 0.417. The Balaban J connectivity index is 1.69. The van der Waals surface area contributed by atoms with Gasteiger partial charge in [-0.25, -0.2) is 4.98 Å². The second-order valence-electron chi connectivity index (χ2n) is 4.36. The summed E-state index contributed by atoms with van der Waals surface area (Å²) in [6, 6.07) is 2.84. The van der Waals surface area contributed by atoms with E-state index in [0.29, 0.717) is 0 Å². The zero-order valence-corrected chi connectivity index (χ0v) is 11.8. The maximum atomic E-state index is 4.24. The van der Waals surface area contributed by atoms with E-state index in [1.807, 2.05) is 12.5 Å². The van der Waals surface area contributed by atoms with Crippen molar-refractivity contribution in [2.75, 3.05) is 0 Å². The first kappa shape index (κ1) is 11.4. The Labute approximate surface area is 113 Å². The third-order valence-electron chi connectivity index (χ3n) is 2.95. The molecule has 1 fully saturated rings. The predicted molar refractivity (Wildman–Crippen MR) is 73.2 cm³/mol. The first-order chi connectivity index (χ1) is 8.33. The third kappa shape index (κ3) is 2.78. The molecule has 5 heteroatoms. The van der Waals surface area contributed by atoms with Crippen LogP contribution in [0.3, 0.4) is 0 Å². The summed E-state index contributed by atoms with van der Waals surface area (Å²) < 4.78 is 3.41. The normalized spacial score (nSPS) is 15.4. The highest BCUT2D eigenvalue weighted by Crippen LogP contribution is 2.24. The molecule has 2 aromatic rings. The van der Waals surface area contributed by atoms with E-state index < -0.39 is 0 Å². The lowest BCUT2D eigenvalue weighted by molar-refractivity contribution is 0.636. The van der Waals surface area contributed by atoms with Gasteiger partial charge in [-0.3, -0.25) is 0 Å². The number of imidazole rings is 1. The van der Waals surface area contributed by atoms with E-state index in [1.165, 1.54) is 27.9 Å². The summed E-state index contributed by atoms with van der Waals surface area (Å²) in [5, 5.41) is 5.63. The highest BCUT2D eigenvalue weighted by atomic mass is 79.9. The molecule has 17 heavy (non-hydrogen) atoms. The average Bonchev–Trinajstić information content (AvgIpc) is 2.92. The summed E-state index contributed by atoms with van der Waals surface area (Å²) in [6.45, 7) is 1.83. The molecule has 1 aliphatic rings. The van der Waals surface area contributed by atoms with E-state index in [2.05, 4.69) is 42.2 Å². The molecular weight excluding hydrogens is 298 g/mol. The molecule has 0 amide bonds. The average molecular weight is 312 g/mol. The molecule has 0 unspecified atom stereocenters. The van der Waals surface area contributed by atoms with Crippen LogP contribution in [0.15, 0.2) is 28.4 Å². The fourth-order valence-electron chi connectivity index (χ4n) is 1.77. The van der Waals surface area contributed by atoms with Crippen LogP contribution in [0.4, 0.5) is 0 Å². The zero-order chi connectivity index (χ0) is 11.7. The van der Waals surface area contributed by atoms with Gasteiger partial charge in [0.1, 0.15) is 0 Å². The summed E-state index contributed by atoms with van der Waals surface area (Å²) >= 11 is 5.35. The van der Waals surface area contributed by atoms with Gasteiger partial charge in [-0.2, -0.15) is 0 Å². The van der Waals surface area contributed by atoms with Gasteiger partial charge in [0.25, 0.3) is 0 Å². The number of nitrogens with one attached hydrogen (secondary N) is 1. The van der Waals surface area contributed by atoms with E-state index in [1.54, 1.807) is 11.3 Å². The van der Waals surface area contributed by atoms with Gasteiger partial charge in [0, 0.05) is 28.1 Å². The van der Waals surface area contributed by atoms with Gasteiger partial charge in [0.05, 0.1) is 18.6 Å². The summed E-state index contributed by atoms with van der Waals surface area (Å²) in [4.78, 5) is 5.59.